The zero-order chi connectivity index (χ0) is 24.7. The first-order valence-corrected chi connectivity index (χ1v) is 12.3. The van der Waals surface area contributed by atoms with Crippen molar-refractivity contribution in [2.45, 2.75) is 51.6 Å². The number of rotatable bonds is 7. The van der Waals surface area contributed by atoms with E-state index in [0.717, 1.165) is 53.9 Å². The number of halogens is 1. The molecule has 1 saturated carbocycles. The smallest absolute Gasteiger partial charge is 0.306 e. The molecule has 0 amide bonds. The molecule has 0 saturated heterocycles. The monoisotopic (exact) mass is 493 g/mol. The van der Waals surface area contributed by atoms with Gasteiger partial charge in [0.25, 0.3) is 0 Å². The third-order valence-electron chi connectivity index (χ3n) is 7.08. The van der Waals surface area contributed by atoms with Crippen molar-refractivity contribution >= 4 is 17.6 Å². The Morgan fingerprint density at radius 2 is 2.00 bits per heavy atom. The van der Waals surface area contributed by atoms with E-state index >= 15 is 0 Å². The SMILES string of the molecule is COc1cc(-c2cnc([C@@H]3CCc4ccc(C(C5CC5)C(C)C(=O)O)cc4O3)c(C)n2)c(Cl)cn1. The summed E-state index contributed by atoms with van der Waals surface area (Å²) in [6.07, 6.45) is 6.84. The summed E-state index contributed by atoms with van der Waals surface area (Å²) in [6.45, 7) is 3.73. The Labute approximate surface area is 209 Å². The van der Waals surface area contributed by atoms with Crippen molar-refractivity contribution in [3.63, 3.8) is 0 Å². The van der Waals surface area contributed by atoms with Gasteiger partial charge in [-0.3, -0.25) is 9.78 Å². The molecular formula is C27H28ClN3O4. The van der Waals surface area contributed by atoms with Crippen molar-refractivity contribution in [2.24, 2.45) is 11.8 Å². The number of benzene rings is 1. The molecule has 35 heavy (non-hydrogen) atoms. The fraction of sp³-hybridized carbons (Fsp3) is 0.407. The lowest BCUT2D eigenvalue weighted by Crippen LogP contribution is -2.22. The average molecular weight is 494 g/mol. The first-order valence-electron chi connectivity index (χ1n) is 11.9. The predicted molar refractivity (Wildman–Crippen MR) is 132 cm³/mol. The highest BCUT2D eigenvalue weighted by Crippen LogP contribution is 2.48. The minimum absolute atomic E-state index is 0.00434. The molecule has 0 radical (unpaired) electrons. The third-order valence-corrected chi connectivity index (χ3v) is 7.39. The molecule has 2 aliphatic rings. The van der Waals surface area contributed by atoms with Crippen LogP contribution in [0.2, 0.25) is 5.02 Å². The lowest BCUT2D eigenvalue weighted by Gasteiger charge is -2.28. The van der Waals surface area contributed by atoms with Gasteiger partial charge >= 0.3 is 5.97 Å². The molecule has 1 aliphatic carbocycles. The highest BCUT2D eigenvalue weighted by Gasteiger charge is 2.39. The molecule has 0 spiro atoms. The van der Waals surface area contributed by atoms with E-state index < -0.39 is 11.9 Å². The fourth-order valence-corrected chi connectivity index (χ4v) is 5.23. The molecule has 182 valence electrons. The van der Waals surface area contributed by atoms with Gasteiger partial charge in [0.05, 0.1) is 41.8 Å². The van der Waals surface area contributed by atoms with E-state index in [1.54, 1.807) is 32.5 Å². The van der Waals surface area contributed by atoms with E-state index in [-0.39, 0.29) is 12.0 Å². The van der Waals surface area contributed by atoms with E-state index in [0.29, 0.717) is 28.1 Å². The van der Waals surface area contributed by atoms with Gasteiger partial charge in [0, 0.05) is 11.6 Å². The molecular weight excluding hydrogens is 466 g/mol. The molecule has 1 fully saturated rings. The maximum absolute atomic E-state index is 11.7. The zero-order valence-corrected chi connectivity index (χ0v) is 20.7. The van der Waals surface area contributed by atoms with Gasteiger partial charge in [-0.25, -0.2) is 9.97 Å². The molecule has 2 aromatic heterocycles. The summed E-state index contributed by atoms with van der Waals surface area (Å²) in [7, 11) is 1.55. The summed E-state index contributed by atoms with van der Waals surface area (Å²) in [4.78, 5) is 25.3. The van der Waals surface area contributed by atoms with Crippen molar-refractivity contribution in [3.8, 4) is 22.9 Å². The Balaban J connectivity index is 1.41. The van der Waals surface area contributed by atoms with Crippen molar-refractivity contribution in [2.75, 3.05) is 7.11 Å². The van der Waals surface area contributed by atoms with Crippen LogP contribution in [-0.2, 0) is 11.2 Å². The van der Waals surface area contributed by atoms with Crippen LogP contribution >= 0.6 is 11.6 Å². The Kier molecular flexibility index (Phi) is 6.36. The van der Waals surface area contributed by atoms with Crippen LogP contribution < -0.4 is 9.47 Å². The first-order chi connectivity index (χ1) is 16.9. The molecule has 8 heteroatoms. The highest BCUT2D eigenvalue weighted by molar-refractivity contribution is 6.33. The number of ether oxygens (including phenoxy) is 2. The van der Waals surface area contributed by atoms with Crippen LogP contribution in [0.5, 0.6) is 11.6 Å². The molecule has 3 heterocycles. The number of carbonyl (C=O) groups is 1. The Bertz CT molecular complexity index is 1280. The zero-order valence-electron chi connectivity index (χ0n) is 20.0. The van der Waals surface area contributed by atoms with Crippen LogP contribution in [0.25, 0.3) is 11.3 Å². The quantitative estimate of drug-likeness (QED) is 0.445. The summed E-state index contributed by atoms with van der Waals surface area (Å²) >= 11 is 6.35. The number of carboxylic acids is 1. The van der Waals surface area contributed by atoms with Crippen molar-refractivity contribution < 1.29 is 19.4 Å². The van der Waals surface area contributed by atoms with E-state index in [4.69, 9.17) is 31.0 Å². The number of aromatic nitrogens is 3. The number of pyridine rings is 1. The van der Waals surface area contributed by atoms with Crippen molar-refractivity contribution in [1.29, 1.82) is 0 Å². The number of aryl methyl sites for hydroxylation is 2. The van der Waals surface area contributed by atoms with Gasteiger partial charge in [0.1, 0.15) is 17.5 Å². The van der Waals surface area contributed by atoms with Gasteiger partial charge in [-0.15, -0.1) is 0 Å². The minimum atomic E-state index is -0.753. The van der Waals surface area contributed by atoms with Gasteiger partial charge in [-0.2, -0.15) is 0 Å². The molecule has 1 aromatic carbocycles. The van der Waals surface area contributed by atoms with Gasteiger partial charge < -0.3 is 14.6 Å². The maximum Gasteiger partial charge on any atom is 0.306 e. The number of fused-ring (bicyclic) bond motifs is 1. The Morgan fingerprint density at radius 3 is 2.69 bits per heavy atom. The minimum Gasteiger partial charge on any atom is -0.484 e. The van der Waals surface area contributed by atoms with Crippen LogP contribution in [-0.4, -0.2) is 33.1 Å². The van der Waals surface area contributed by atoms with Crippen LogP contribution in [0.15, 0.2) is 36.7 Å². The Morgan fingerprint density at radius 1 is 1.20 bits per heavy atom. The Hall–Kier alpha value is -3.19. The van der Waals surface area contributed by atoms with E-state index in [9.17, 15) is 9.90 Å². The standard InChI is InChI=1S/C27H28ClN3O4/c1-14(27(32)33)25(17-5-6-17)18-7-4-16-8-9-22(35-23(16)10-18)26-15(2)31-21(13-30-26)19-11-24(34-3)29-12-20(19)28/h4,7,10-14,17,22,25H,5-6,8-9H2,1-3H3,(H,32,33)/t14?,22-,25?/m0/s1. The van der Waals surface area contributed by atoms with Crippen molar-refractivity contribution in [1.82, 2.24) is 15.0 Å². The van der Waals surface area contributed by atoms with Crippen LogP contribution in [0, 0.1) is 18.8 Å². The van der Waals surface area contributed by atoms with E-state index in [1.165, 1.54) is 0 Å². The molecule has 2 unspecified atom stereocenters. The lowest BCUT2D eigenvalue weighted by atomic mass is 9.82. The predicted octanol–water partition coefficient (Wildman–Crippen LogP) is 5.79. The number of hydrogen-bond donors (Lipinski definition) is 1. The lowest BCUT2D eigenvalue weighted by molar-refractivity contribution is -0.142. The summed E-state index contributed by atoms with van der Waals surface area (Å²) in [5, 5.41) is 10.1. The summed E-state index contributed by atoms with van der Waals surface area (Å²) < 4.78 is 11.6. The summed E-state index contributed by atoms with van der Waals surface area (Å²) in [5.74, 6) is 0.518. The second-order valence-corrected chi connectivity index (χ2v) is 9.84. The van der Waals surface area contributed by atoms with Gasteiger partial charge in [-0.1, -0.05) is 30.7 Å². The number of aliphatic carboxylic acids is 1. The number of hydrogen-bond acceptors (Lipinski definition) is 6. The molecule has 1 aliphatic heterocycles. The molecule has 3 atom stereocenters. The van der Waals surface area contributed by atoms with Gasteiger partial charge in [0.15, 0.2) is 0 Å². The molecule has 5 rings (SSSR count). The van der Waals surface area contributed by atoms with Crippen LogP contribution in [0.3, 0.4) is 0 Å². The van der Waals surface area contributed by atoms with E-state index in [2.05, 4.69) is 17.1 Å². The maximum atomic E-state index is 11.7. The average Bonchev–Trinajstić information content (AvgIpc) is 3.69. The van der Waals surface area contributed by atoms with E-state index in [1.807, 2.05) is 13.0 Å². The topological polar surface area (TPSA) is 94.4 Å². The van der Waals surface area contributed by atoms with Crippen LogP contribution in [0.1, 0.15) is 60.7 Å². The largest absolute Gasteiger partial charge is 0.484 e. The number of methoxy groups -OCH3 is 1. The second-order valence-electron chi connectivity index (χ2n) is 9.43. The van der Waals surface area contributed by atoms with Gasteiger partial charge in [0.2, 0.25) is 5.88 Å². The molecule has 3 aromatic rings. The number of carboxylic acid groups (broad SMARTS) is 1. The summed E-state index contributed by atoms with van der Waals surface area (Å²) in [5.41, 5.74) is 5.10. The third kappa shape index (κ3) is 4.69. The normalized spacial score (nSPS) is 18.8. The molecule has 1 N–H and O–H groups in total. The molecule has 0 bridgehead atoms. The second kappa shape index (κ2) is 9.46. The van der Waals surface area contributed by atoms with Crippen LogP contribution in [0.4, 0.5) is 0 Å². The first kappa shape index (κ1) is 23.5. The summed E-state index contributed by atoms with van der Waals surface area (Å²) in [6, 6.07) is 7.96. The molecule has 7 nitrogen and oxygen atoms in total. The number of nitrogens with zero attached hydrogens (tertiary/aromatic N) is 3. The highest BCUT2D eigenvalue weighted by atomic mass is 35.5. The van der Waals surface area contributed by atoms with Gasteiger partial charge in [-0.05, 0) is 61.6 Å². The fourth-order valence-electron chi connectivity index (χ4n) is 5.03. The van der Waals surface area contributed by atoms with Crippen molar-refractivity contribution in [3.05, 3.63) is 64.2 Å².